The molecule has 20 heavy (non-hydrogen) atoms. The summed E-state index contributed by atoms with van der Waals surface area (Å²) in [5, 5.41) is 0. The van der Waals surface area contributed by atoms with Crippen molar-refractivity contribution in [2.45, 2.75) is 25.6 Å². The average Bonchev–Trinajstić information content (AvgIpc) is 2.50. The minimum Gasteiger partial charge on any atom is -0.497 e. The van der Waals surface area contributed by atoms with E-state index in [1.165, 1.54) is 0 Å². The van der Waals surface area contributed by atoms with Crippen molar-refractivity contribution in [3.05, 3.63) is 29.8 Å². The van der Waals surface area contributed by atoms with Crippen molar-refractivity contribution < 1.29 is 23.7 Å². The second kappa shape index (κ2) is 10.4. The van der Waals surface area contributed by atoms with Crippen LogP contribution in [0.2, 0.25) is 0 Å². The molecular weight excluding hydrogens is 260 g/mol. The summed E-state index contributed by atoms with van der Waals surface area (Å²) in [4.78, 5) is 10.4. The Labute approximate surface area is 119 Å². The van der Waals surface area contributed by atoms with Crippen molar-refractivity contribution in [3.8, 4) is 5.75 Å². The first-order valence-corrected chi connectivity index (χ1v) is 6.55. The maximum absolute atomic E-state index is 10.4. The van der Waals surface area contributed by atoms with Gasteiger partial charge in [-0.15, -0.1) is 0 Å². The minimum absolute atomic E-state index is 0.126. The van der Waals surface area contributed by atoms with E-state index in [9.17, 15) is 4.79 Å². The van der Waals surface area contributed by atoms with Gasteiger partial charge in [-0.2, -0.15) is 0 Å². The Hall–Kier alpha value is -1.43. The van der Waals surface area contributed by atoms with Crippen LogP contribution in [0.25, 0.3) is 0 Å². The zero-order valence-corrected chi connectivity index (χ0v) is 12.0. The number of hydrogen-bond donors (Lipinski definition) is 0. The molecule has 112 valence electrons. The molecule has 0 fully saturated rings. The summed E-state index contributed by atoms with van der Waals surface area (Å²) in [6.45, 7) is 1.14. The molecule has 1 rings (SSSR count). The molecule has 5 heteroatoms. The first kappa shape index (κ1) is 16.6. The Morgan fingerprint density at radius 3 is 2.55 bits per heavy atom. The highest BCUT2D eigenvalue weighted by atomic mass is 16.7. The fourth-order valence-electron chi connectivity index (χ4n) is 1.66. The normalized spacial score (nSPS) is 12.1. The van der Waals surface area contributed by atoms with E-state index in [1.54, 1.807) is 14.2 Å². The van der Waals surface area contributed by atoms with Gasteiger partial charge in [-0.1, -0.05) is 12.1 Å². The molecule has 0 N–H and O–H groups in total. The number of methoxy groups -OCH3 is 2. The molecule has 0 bridgehead atoms. The molecule has 0 aliphatic carbocycles. The van der Waals surface area contributed by atoms with E-state index in [1.807, 2.05) is 24.3 Å². The molecule has 1 atom stereocenters. The Morgan fingerprint density at radius 1 is 1.20 bits per heavy atom. The molecule has 0 saturated carbocycles. The van der Waals surface area contributed by atoms with E-state index in [-0.39, 0.29) is 12.9 Å². The summed E-state index contributed by atoms with van der Waals surface area (Å²) in [6, 6.07) is 7.69. The van der Waals surface area contributed by atoms with Crippen LogP contribution in [0.1, 0.15) is 18.4 Å². The summed E-state index contributed by atoms with van der Waals surface area (Å²) in [5.74, 6) is 0.820. The largest absolute Gasteiger partial charge is 0.497 e. The molecule has 1 aromatic carbocycles. The van der Waals surface area contributed by atoms with Gasteiger partial charge in [-0.25, -0.2) is 0 Å². The van der Waals surface area contributed by atoms with Crippen LogP contribution < -0.4 is 4.74 Å². The molecule has 1 aromatic rings. The molecule has 0 spiro atoms. The molecule has 0 aliphatic rings. The fourth-order valence-corrected chi connectivity index (χ4v) is 1.66. The molecule has 0 saturated heterocycles. The van der Waals surface area contributed by atoms with E-state index < -0.39 is 0 Å². The number of ether oxygens (including phenoxy) is 4. The minimum atomic E-state index is -0.126. The molecule has 0 aromatic heterocycles. The smallest absolute Gasteiger partial charge is 0.146 e. The van der Waals surface area contributed by atoms with Gasteiger partial charge in [0.05, 0.1) is 26.4 Å². The van der Waals surface area contributed by atoms with Crippen LogP contribution in [0.3, 0.4) is 0 Å². The molecule has 0 amide bonds. The van der Waals surface area contributed by atoms with E-state index in [4.69, 9.17) is 18.9 Å². The first-order valence-electron chi connectivity index (χ1n) is 6.55. The summed E-state index contributed by atoms with van der Waals surface area (Å²) < 4.78 is 21.0. The predicted molar refractivity (Wildman–Crippen MR) is 74.7 cm³/mol. The molecule has 5 nitrogen and oxygen atoms in total. The van der Waals surface area contributed by atoms with Gasteiger partial charge in [0, 0.05) is 13.5 Å². The van der Waals surface area contributed by atoms with Crippen LogP contribution in [0.5, 0.6) is 5.75 Å². The standard InChI is InChI=1S/C15H22O5/c1-17-12-20-15(4-3-9-16)11-19-10-13-5-7-14(18-2)8-6-13/h5-9,15H,3-4,10-12H2,1-2H3/t15-/m1/s1. The highest BCUT2D eigenvalue weighted by Crippen LogP contribution is 2.12. The van der Waals surface area contributed by atoms with Crippen molar-refractivity contribution in [1.82, 2.24) is 0 Å². The first-order chi connectivity index (χ1) is 9.80. The lowest BCUT2D eigenvalue weighted by molar-refractivity contribution is -0.114. The van der Waals surface area contributed by atoms with Gasteiger partial charge in [0.15, 0.2) is 0 Å². The molecule has 0 unspecified atom stereocenters. The number of hydrogen-bond acceptors (Lipinski definition) is 5. The number of benzene rings is 1. The second-order valence-corrected chi connectivity index (χ2v) is 4.30. The van der Waals surface area contributed by atoms with Crippen LogP contribution in [-0.4, -0.2) is 40.0 Å². The fraction of sp³-hybridized carbons (Fsp3) is 0.533. The number of carbonyl (C=O) groups is 1. The van der Waals surface area contributed by atoms with E-state index in [0.29, 0.717) is 26.1 Å². The van der Waals surface area contributed by atoms with E-state index in [0.717, 1.165) is 17.6 Å². The molecule has 0 heterocycles. The highest BCUT2D eigenvalue weighted by Gasteiger charge is 2.09. The van der Waals surface area contributed by atoms with Gasteiger partial charge in [0.2, 0.25) is 0 Å². The SMILES string of the molecule is COCO[C@H](CCC=O)COCc1ccc(OC)cc1. The van der Waals surface area contributed by atoms with E-state index >= 15 is 0 Å². The maximum atomic E-state index is 10.4. The zero-order chi connectivity index (χ0) is 14.6. The summed E-state index contributed by atoms with van der Waals surface area (Å²) in [6.07, 6.45) is 1.85. The van der Waals surface area contributed by atoms with Gasteiger partial charge in [0.25, 0.3) is 0 Å². The quantitative estimate of drug-likeness (QED) is 0.460. The van der Waals surface area contributed by atoms with Crippen LogP contribution >= 0.6 is 0 Å². The molecular formula is C15H22O5. The van der Waals surface area contributed by atoms with Gasteiger partial charge < -0.3 is 23.7 Å². The van der Waals surface area contributed by atoms with Crippen molar-refractivity contribution in [3.63, 3.8) is 0 Å². The Kier molecular flexibility index (Phi) is 8.62. The lowest BCUT2D eigenvalue weighted by atomic mass is 10.2. The maximum Gasteiger partial charge on any atom is 0.146 e. The zero-order valence-electron chi connectivity index (χ0n) is 12.0. The summed E-state index contributed by atoms with van der Waals surface area (Å²) in [5.41, 5.74) is 1.06. The van der Waals surface area contributed by atoms with Gasteiger partial charge in [-0.3, -0.25) is 0 Å². The predicted octanol–water partition coefficient (Wildman–Crippen LogP) is 2.18. The number of aldehydes is 1. The van der Waals surface area contributed by atoms with Crippen molar-refractivity contribution in [1.29, 1.82) is 0 Å². The lowest BCUT2D eigenvalue weighted by Crippen LogP contribution is -2.21. The second-order valence-electron chi connectivity index (χ2n) is 4.30. The van der Waals surface area contributed by atoms with E-state index in [2.05, 4.69) is 0 Å². The van der Waals surface area contributed by atoms with Gasteiger partial charge >= 0.3 is 0 Å². The Bertz CT molecular complexity index is 363. The van der Waals surface area contributed by atoms with Gasteiger partial charge in [-0.05, 0) is 24.1 Å². The number of carbonyl (C=O) groups excluding carboxylic acids is 1. The topological polar surface area (TPSA) is 54.0 Å². The molecule has 0 aliphatic heterocycles. The number of rotatable bonds is 11. The van der Waals surface area contributed by atoms with Crippen LogP contribution in [-0.2, 0) is 25.6 Å². The van der Waals surface area contributed by atoms with Crippen molar-refractivity contribution in [2.75, 3.05) is 27.6 Å². The Balaban J connectivity index is 2.31. The Morgan fingerprint density at radius 2 is 1.95 bits per heavy atom. The van der Waals surface area contributed by atoms with Crippen LogP contribution in [0.4, 0.5) is 0 Å². The summed E-state index contributed by atoms with van der Waals surface area (Å²) in [7, 11) is 3.20. The lowest BCUT2D eigenvalue weighted by Gasteiger charge is -2.16. The summed E-state index contributed by atoms with van der Waals surface area (Å²) >= 11 is 0. The highest BCUT2D eigenvalue weighted by molar-refractivity contribution is 5.49. The van der Waals surface area contributed by atoms with Crippen LogP contribution in [0.15, 0.2) is 24.3 Å². The molecule has 0 radical (unpaired) electrons. The average molecular weight is 282 g/mol. The van der Waals surface area contributed by atoms with Crippen LogP contribution in [0, 0.1) is 0 Å². The van der Waals surface area contributed by atoms with Gasteiger partial charge in [0.1, 0.15) is 18.8 Å². The van der Waals surface area contributed by atoms with Crippen molar-refractivity contribution in [2.24, 2.45) is 0 Å². The third-order valence-corrected chi connectivity index (χ3v) is 2.76. The van der Waals surface area contributed by atoms with Crippen molar-refractivity contribution >= 4 is 6.29 Å². The monoisotopic (exact) mass is 282 g/mol. The third-order valence-electron chi connectivity index (χ3n) is 2.76. The third kappa shape index (κ3) is 6.65.